The van der Waals surface area contributed by atoms with Crippen LogP contribution in [0.25, 0.3) is 0 Å². The zero-order chi connectivity index (χ0) is 22.2. The van der Waals surface area contributed by atoms with Gasteiger partial charge >= 0.3 is 6.18 Å². The molecule has 170 valence electrons. The molecular formula is C20H29F3N2O4S. The second kappa shape index (κ2) is 8.55. The van der Waals surface area contributed by atoms with E-state index in [1.54, 1.807) is 12.1 Å². The highest BCUT2D eigenvalue weighted by molar-refractivity contribution is 7.89. The Balaban J connectivity index is 1.62. The fourth-order valence-electron chi connectivity index (χ4n) is 4.34. The van der Waals surface area contributed by atoms with E-state index in [1.807, 2.05) is 18.7 Å². The number of sulfonamides is 1. The van der Waals surface area contributed by atoms with Gasteiger partial charge in [-0.1, -0.05) is 13.8 Å². The molecule has 2 saturated heterocycles. The minimum atomic E-state index is -4.40. The van der Waals surface area contributed by atoms with E-state index in [4.69, 9.17) is 4.74 Å². The highest BCUT2D eigenvalue weighted by Gasteiger charge is 2.49. The van der Waals surface area contributed by atoms with Gasteiger partial charge in [0.1, 0.15) is 12.0 Å². The van der Waals surface area contributed by atoms with Gasteiger partial charge in [0, 0.05) is 30.7 Å². The smallest absolute Gasteiger partial charge is 0.422 e. The third-order valence-corrected chi connectivity index (χ3v) is 8.16. The highest BCUT2D eigenvalue weighted by Crippen LogP contribution is 2.46. The van der Waals surface area contributed by atoms with Gasteiger partial charge in [-0.3, -0.25) is 0 Å². The first kappa shape index (κ1) is 23.1. The number of piperidine rings is 1. The number of rotatable bonds is 6. The molecule has 0 radical (unpaired) electrons. The van der Waals surface area contributed by atoms with Crippen molar-refractivity contribution in [3.63, 3.8) is 0 Å². The van der Waals surface area contributed by atoms with Crippen LogP contribution in [-0.2, 0) is 10.0 Å². The standard InChI is InChI=1S/C20H29F3N2O4S/c1-15(2)13-30(27,28)24-10-7-19(8-11-24)9-12-25(18(19)26)16-3-5-17(6-4-16)29-14-20(21,22)23/h3-6,15,18,26H,7-14H2,1-2H3. The highest BCUT2D eigenvalue weighted by atomic mass is 32.2. The second-order valence-corrected chi connectivity index (χ2v) is 10.7. The lowest BCUT2D eigenvalue weighted by atomic mass is 9.77. The summed E-state index contributed by atoms with van der Waals surface area (Å²) in [5, 5.41) is 11.0. The van der Waals surface area contributed by atoms with Crippen LogP contribution in [0.2, 0.25) is 0 Å². The third-order valence-electron chi connectivity index (χ3n) is 5.92. The fourth-order valence-corrected chi connectivity index (χ4v) is 6.13. The number of aliphatic hydroxyl groups is 1. The van der Waals surface area contributed by atoms with E-state index in [9.17, 15) is 26.7 Å². The van der Waals surface area contributed by atoms with Crippen LogP contribution < -0.4 is 9.64 Å². The van der Waals surface area contributed by atoms with Gasteiger partial charge in [-0.2, -0.15) is 13.2 Å². The molecule has 1 spiro atoms. The number of alkyl halides is 3. The molecule has 1 atom stereocenters. The number of nitrogens with zero attached hydrogens (tertiary/aromatic N) is 2. The first-order valence-electron chi connectivity index (χ1n) is 10.1. The van der Waals surface area contributed by atoms with Crippen LogP contribution in [0.3, 0.4) is 0 Å². The Hall–Kier alpha value is -1.52. The lowest BCUT2D eigenvalue weighted by molar-refractivity contribution is -0.153. The largest absolute Gasteiger partial charge is 0.484 e. The summed E-state index contributed by atoms with van der Waals surface area (Å²) in [5.74, 6) is 0.293. The fraction of sp³-hybridized carbons (Fsp3) is 0.700. The molecule has 6 nitrogen and oxygen atoms in total. The van der Waals surface area contributed by atoms with Crippen LogP contribution in [0.5, 0.6) is 5.75 Å². The maximum atomic E-state index is 12.5. The summed E-state index contributed by atoms with van der Waals surface area (Å²) in [6, 6.07) is 6.19. The predicted octanol–water partition coefficient (Wildman–Crippen LogP) is 3.22. The molecule has 2 heterocycles. The third kappa shape index (κ3) is 5.20. The molecule has 1 N–H and O–H groups in total. The van der Waals surface area contributed by atoms with Crippen molar-refractivity contribution in [2.24, 2.45) is 11.3 Å². The van der Waals surface area contributed by atoms with E-state index in [0.717, 1.165) is 6.42 Å². The van der Waals surface area contributed by atoms with E-state index in [2.05, 4.69) is 0 Å². The number of anilines is 1. The molecule has 1 aromatic carbocycles. The van der Waals surface area contributed by atoms with Gasteiger partial charge in [-0.25, -0.2) is 12.7 Å². The van der Waals surface area contributed by atoms with Crippen molar-refractivity contribution in [1.29, 1.82) is 0 Å². The molecule has 0 saturated carbocycles. The van der Waals surface area contributed by atoms with E-state index in [-0.39, 0.29) is 22.8 Å². The predicted molar refractivity (Wildman–Crippen MR) is 108 cm³/mol. The molecule has 2 aliphatic heterocycles. The van der Waals surface area contributed by atoms with Crippen LogP contribution in [-0.4, -0.2) is 62.2 Å². The summed E-state index contributed by atoms with van der Waals surface area (Å²) in [4.78, 5) is 1.83. The molecule has 2 fully saturated rings. The topological polar surface area (TPSA) is 70.1 Å². The zero-order valence-corrected chi connectivity index (χ0v) is 18.0. The Morgan fingerprint density at radius 1 is 1.13 bits per heavy atom. The normalized spacial score (nSPS) is 22.8. The van der Waals surface area contributed by atoms with Crippen molar-refractivity contribution < 1.29 is 31.4 Å². The summed E-state index contributed by atoms with van der Waals surface area (Å²) in [6.07, 6.45) is -3.27. The van der Waals surface area contributed by atoms with E-state index in [1.165, 1.54) is 16.4 Å². The molecule has 1 unspecified atom stereocenters. The lowest BCUT2D eigenvalue weighted by Gasteiger charge is -2.41. The Labute approximate surface area is 175 Å². The number of aliphatic hydroxyl groups excluding tert-OH is 1. The molecule has 1 aromatic rings. The number of hydrogen-bond donors (Lipinski definition) is 1. The maximum Gasteiger partial charge on any atom is 0.422 e. The van der Waals surface area contributed by atoms with Crippen LogP contribution in [0.1, 0.15) is 33.1 Å². The lowest BCUT2D eigenvalue weighted by Crippen LogP contribution is -2.49. The van der Waals surface area contributed by atoms with Crippen LogP contribution in [0.4, 0.5) is 18.9 Å². The van der Waals surface area contributed by atoms with Gasteiger partial charge < -0.3 is 14.7 Å². The number of benzene rings is 1. The van der Waals surface area contributed by atoms with Gasteiger partial charge in [-0.05, 0) is 49.4 Å². The minimum Gasteiger partial charge on any atom is -0.484 e. The van der Waals surface area contributed by atoms with E-state index >= 15 is 0 Å². The maximum absolute atomic E-state index is 12.5. The molecule has 0 aromatic heterocycles. The minimum absolute atomic E-state index is 0.0570. The van der Waals surface area contributed by atoms with Crippen molar-refractivity contribution >= 4 is 15.7 Å². The average Bonchev–Trinajstić information content (AvgIpc) is 2.95. The molecule has 0 bridgehead atoms. The zero-order valence-electron chi connectivity index (χ0n) is 17.2. The Morgan fingerprint density at radius 2 is 1.70 bits per heavy atom. The average molecular weight is 451 g/mol. The van der Waals surface area contributed by atoms with Crippen molar-refractivity contribution in [1.82, 2.24) is 4.31 Å². The van der Waals surface area contributed by atoms with Crippen LogP contribution in [0, 0.1) is 11.3 Å². The summed E-state index contributed by atoms with van der Waals surface area (Å²) < 4.78 is 68.1. The summed E-state index contributed by atoms with van der Waals surface area (Å²) >= 11 is 0. The van der Waals surface area contributed by atoms with E-state index < -0.39 is 29.0 Å². The van der Waals surface area contributed by atoms with Gasteiger partial charge in [0.05, 0.1) is 5.75 Å². The summed E-state index contributed by atoms with van der Waals surface area (Å²) in [6.45, 7) is 3.79. The second-order valence-electron chi connectivity index (χ2n) is 8.65. The molecular weight excluding hydrogens is 421 g/mol. The summed E-state index contributed by atoms with van der Waals surface area (Å²) in [5.41, 5.74) is 0.323. The molecule has 10 heteroatoms. The monoisotopic (exact) mass is 450 g/mol. The summed E-state index contributed by atoms with van der Waals surface area (Å²) in [7, 11) is -3.29. The molecule has 0 aliphatic carbocycles. The molecule has 30 heavy (non-hydrogen) atoms. The Bertz CT molecular complexity index is 819. The van der Waals surface area contributed by atoms with Crippen LogP contribution in [0.15, 0.2) is 24.3 Å². The molecule has 2 aliphatic rings. The SMILES string of the molecule is CC(C)CS(=O)(=O)N1CCC2(CCN(c3ccc(OCC(F)(F)F)cc3)C2O)CC1. The molecule has 0 amide bonds. The van der Waals surface area contributed by atoms with Crippen LogP contribution >= 0.6 is 0 Å². The van der Waals surface area contributed by atoms with Gasteiger partial charge in [0.25, 0.3) is 0 Å². The van der Waals surface area contributed by atoms with Crippen molar-refractivity contribution in [2.45, 2.75) is 45.5 Å². The number of ether oxygens (including phenoxy) is 1. The van der Waals surface area contributed by atoms with Crippen molar-refractivity contribution in [3.8, 4) is 5.75 Å². The quantitative estimate of drug-likeness (QED) is 0.721. The first-order valence-corrected chi connectivity index (χ1v) is 11.7. The van der Waals surface area contributed by atoms with E-state index in [0.29, 0.717) is 38.2 Å². The number of halogens is 3. The Kier molecular flexibility index (Phi) is 6.60. The Morgan fingerprint density at radius 3 is 2.23 bits per heavy atom. The first-order chi connectivity index (χ1) is 13.9. The number of hydrogen-bond acceptors (Lipinski definition) is 5. The van der Waals surface area contributed by atoms with Gasteiger partial charge in [-0.15, -0.1) is 0 Å². The van der Waals surface area contributed by atoms with Gasteiger partial charge in [0.2, 0.25) is 10.0 Å². The van der Waals surface area contributed by atoms with Crippen molar-refractivity contribution in [2.75, 3.05) is 36.9 Å². The van der Waals surface area contributed by atoms with Gasteiger partial charge in [0.15, 0.2) is 6.61 Å². The molecule has 3 rings (SSSR count). The van der Waals surface area contributed by atoms with Crippen molar-refractivity contribution in [3.05, 3.63) is 24.3 Å².